The molecule has 1 heterocycles. The quantitative estimate of drug-likeness (QED) is 0.624. The van der Waals surface area contributed by atoms with Crippen LogP contribution in [0.15, 0.2) is 16.8 Å². The highest BCUT2D eigenvalue weighted by molar-refractivity contribution is 7.07. The summed E-state index contributed by atoms with van der Waals surface area (Å²) >= 11 is 1.76. The first-order valence-corrected chi connectivity index (χ1v) is 8.48. The van der Waals surface area contributed by atoms with Crippen LogP contribution in [0.1, 0.15) is 51.5 Å². The highest BCUT2D eigenvalue weighted by atomic mass is 32.1. The van der Waals surface area contributed by atoms with Crippen molar-refractivity contribution in [2.45, 2.75) is 64.0 Å². The van der Waals surface area contributed by atoms with Gasteiger partial charge >= 0.3 is 0 Å². The number of hydrogen-bond acceptors (Lipinski definition) is 4. The molecule has 0 aliphatic heterocycles. The minimum absolute atomic E-state index is 0.0969. The summed E-state index contributed by atoms with van der Waals surface area (Å²) in [4.78, 5) is 0. The summed E-state index contributed by atoms with van der Waals surface area (Å²) in [5, 5.41) is 4.35. The zero-order valence-electron chi connectivity index (χ0n) is 12.9. The molecule has 0 spiro atoms. The fraction of sp³-hybridized carbons (Fsp3) is 0.750. The van der Waals surface area contributed by atoms with Crippen LogP contribution in [0.2, 0.25) is 0 Å². The van der Waals surface area contributed by atoms with Crippen molar-refractivity contribution in [3.63, 3.8) is 0 Å². The van der Waals surface area contributed by atoms with E-state index in [0.717, 1.165) is 25.7 Å². The highest BCUT2D eigenvalue weighted by Crippen LogP contribution is 2.44. The van der Waals surface area contributed by atoms with Gasteiger partial charge in [-0.3, -0.25) is 11.3 Å². The third-order valence-corrected chi connectivity index (χ3v) is 5.73. The standard InChI is InChI=1S/C16H28N2OS/c1-15(2)7-9-16(19-3,10-8-15)14(18-17)5-4-13-6-11-20-12-13/h6,11-12,14,18H,4-5,7-10,17H2,1-3H3. The lowest BCUT2D eigenvalue weighted by atomic mass is 9.68. The molecule has 1 aromatic rings. The molecule has 4 heteroatoms. The molecule has 0 amide bonds. The number of hydrogen-bond donors (Lipinski definition) is 2. The maximum absolute atomic E-state index is 5.96. The topological polar surface area (TPSA) is 47.3 Å². The first kappa shape index (κ1) is 16.0. The number of methoxy groups -OCH3 is 1. The third-order valence-electron chi connectivity index (χ3n) is 4.99. The number of rotatable bonds is 6. The number of aryl methyl sites for hydroxylation is 1. The summed E-state index contributed by atoms with van der Waals surface area (Å²) < 4.78 is 5.96. The molecule has 0 aromatic carbocycles. The second-order valence-corrected chi connectivity index (χ2v) is 7.60. The Morgan fingerprint density at radius 1 is 1.35 bits per heavy atom. The maximum atomic E-state index is 5.96. The van der Waals surface area contributed by atoms with Gasteiger partial charge in [-0.15, -0.1) is 0 Å². The molecular formula is C16H28N2OS. The van der Waals surface area contributed by atoms with Gasteiger partial charge in [0.15, 0.2) is 0 Å². The Morgan fingerprint density at radius 2 is 2.05 bits per heavy atom. The predicted octanol–water partition coefficient (Wildman–Crippen LogP) is 3.50. The third kappa shape index (κ3) is 3.61. The van der Waals surface area contributed by atoms with Gasteiger partial charge in [0.1, 0.15) is 0 Å². The van der Waals surface area contributed by atoms with E-state index in [0.29, 0.717) is 5.41 Å². The van der Waals surface area contributed by atoms with Gasteiger partial charge in [-0.1, -0.05) is 13.8 Å². The number of hydrazine groups is 1. The van der Waals surface area contributed by atoms with Crippen molar-refractivity contribution in [3.05, 3.63) is 22.4 Å². The monoisotopic (exact) mass is 296 g/mol. The lowest BCUT2D eigenvalue weighted by Gasteiger charge is -2.47. The van der Waals surface area contributed by atoms with Crippen LogP contribution in [-0.4, -0.2) is 18.8 Å². The predicted molar refractivity (Wildman–Crippen MR) is 85.7 cm³/mol. The van der Waals surface area contributed by atoms with E-state index in [9.17, 15) is 0 Å². The Morgan fingerprint density at radius 3 is 2.55 bits per heavy atom. The fourth-order valence-electron chi connectivity index (χ4n) is 3.29. The van der Waals surface area contributed by atoms with Crippen LogP contribution in [0.3, 0.4) is 0 Å². The molecule has 0 saturated heterocycles. The molecule has 3 nitrogen and oxygen atoms in total. The average Bonchev–Trinajstić information content (AvgIpc) is 2.94. The summed E-state index contributed by atoms with van der Waals surface area (Å²) in [6, 6.07) is 2.42. The van der Waals surface area contributed by atoms with Crippen LogP contribution in [0.25, 0.3) is 0 Å². The van der Waals surface area contributed by atoms with Crippen LogP contribution in [0.4, 0.5) is 0 Å². The summed E-state index contributed by atoms with van der Waals surface area (Å²) in [6.45, 7) is 4.70. The SMILES string of the molecule is COC1(C(CCc2ccsc2)NN)CCC(C)(C)CC1. The molecule has 1 fully saturated rings. The van der Waals surface area contributed by atoms with Crippen LogP contribution < -0.4 is 11.3 Å². The van der Waals surface area contributed by atoms with Crippen molar-refractivity contribution in [1.82, 2.24) is 5.43 Å². The van der Waals surface area contributed by atoms with Gasteiger partial charge in [-0.25, -0.2) is 0 Å². The molecule has 1 aromatic heterocycles. The second-order valence-electron chi connectivity index (χ2n) is 6.82. The number of nitrogens with two attached hydrogens (primary N) is 1. The molecule has 1 saturated carbocycles. The van der Waals surface area contributed by atoms with Crippen LogP contribution in [0, 0.1) is 5.41 Å². The van der Waals surface area contributed by atoms with Crippen LogP contribution in [0.5, 0.6) is 0 Å². The van der Waals surface area contributed by atoms with Crippen molar-refractivity contribution in [2.24, 2.45) is 11.3 Å². The Kier molecular flexibility index (Phi) is 5.24. The maximum Gasteiger partial charge on any atom is 0.0844 e. The van der Waals surface area contributed by atoms with Crippen LogP contribution in [-0.2, 0) is 11.2 Å². The molecular weight excluding hydrogens is 268 g/mol. The molecule has 0 radical (unpaired) electrons. The zero-order chi connectivity index (χ0) is 14.6. The minimum Gasteiger partial charge on any atom is -0.377 e. The molecule has 1 atom stereocenters. The van der Waals surface area contributed by atoms with Gasteiger partial charge in [-0.05, 0) is 66.3 Å². The molecule has 1 unspecified atom stereocenters. The van der Waals surface area contributed by atoms with E-state index < -0.39 is 0 Å². The number of nitrogens with one attached hydrogen (secondary N) is 1. The summed E-state index contributed by atoms with van der Waals surface area (Å²) in [5.41, 5.74) is 4.77. The number of ether oxygens (including phenoxy) is 1. The van der Waals surface area contributed by atoms with Crippen molar-refractivity contribution in [1.29, 1.82) is 0 Å². The van der Waals surface area contributed by atoms with E-state index in [1.807, 2.05) is 7.11 Å². The first-order valence-electron chi connectivity index (χ1n) is 7.54. The summed E-state index contributed by atoms with van der Waals surface area (Å²) in [7, 11) is 1.84. The van der Waals surface area contributed by atoms with Crippen molar-refractivity contribution < 1.29 is 4.74 Å². The van der Waals surface area contributed by atoms with E-state index in [1.54, 1.807) is 11.3 Å². The van der Waals surface area contributed by atoms with E-state index >= 15 is 0 Å². The Balaban J connectivity index is 2.00. The minimum atomic E-state index is -0.0969. The van der Waals surface area contributed by atoms with Gasteiger partial charge in [0, 0.05) is 7.11 Å². The van der Waals surface area contributed by atoms with E-state index in [-0.39, 0.29) is 11.6 Å². The number of thiophene rings is 1. The van der Waals surface area contributed by atoms with E-state index in [2.05, 4.69) is 36.1 Å². The smallest absolute Gasteiger partial charge is 0.0844 e. The van der Waals surface area contributed by atoms with Gasteiger partial charge in [-0.2, -0.15) is 11.3 Å². The Bertz CT molecular complexity index is 393. The Hall–Kier alpha value is -0.420. The van der Waals surface area contributed by atoms with E-state index in [4.69, 9.17) is 10.6 Å². The average molecular weight is 296 g/mol. The fourth-order valence-corrected chi connectivity index (χ4v) is 3.99. The molecule has 114 valence electrons. The van der Waals surface area contributed by atoms with Crippen molar-refractivity contribution in [3.8, 4) is 0 Å². The summed E-state index contributed by atoms with van der Waals surface area (Å²) in [5.74, 6) is 5.84. The van der Waals surface area contributed by atoms with Gasteiger partial charge < -0.3 is 4.74 Å². The largest absolute Gasteiger partial charge is 0.377 e. The van der Waals surface area contributed by atoms with Crippen molar-refractivity contribution >= 4 is 11.3 Å². The molecule has 1 aliphatic carbocycles. The normalized spacial score (nSPS) is 22.6. The molecule has 20 heavy (non-hydrogen) atoms. The molecule has 0 bridgehead atoms. The lowest BCUT2D eigenvalue weighted by Crippen LogP contribution is -2.56. The molecule has 2 rings (SSSR count). The van der Waals surface area contributed by atoms with Gasteiger partial charge in [0.2, 0.25) is 0 Å². The highest BCUT2D eigenvalue weighted by Gasteiger charge is 2.43. The first-order chi connectivity index (χ1) is 9.51. The van der Waals surface area contributed by atoms with Crippen molar-refractivity contribution in [2.75, 3.05) is 7.11 Å². The Labute approximate surface area is 126 Å². The summed E-state index contributed by atoms with van der Waals surface area (Å²) in [6.07, 6.45) is 6.69. The van der Waals surface area contributed by atoms with Gasteiger partial charge in [0.25, 0.3) is 0 Å². The zero-order valence-corrected chi connectivity index (χ0v) is 13.8. The second kappa shape index (κ2) is 6.56. The van der Waals surface area contributed by atoms with Crippen LogP contribution >= 0.6 is 11.3 Å². The lowest BCUT2D eigenvalue weighted by molar-refractivity contribution is -0.0878. The molecule has 3 N–H and O–H groups in total. The molecule has 1 aliphatic rings. The van der Waals surface area contributed by atoms with Gasteiger partial charge in [0.05, 0.1) is 11.6 Å². The van der Waals surface area contributed by atoms with E-state index in [1.165, 1.54) is 18.4 Å².